The summed E-state index contributed by atoms with van der Waals surface area (Å²) in [4.78, 5) is 4.78. The van der Waals surface area contributed by atoms with Crippen molar-refractivity contribution in [3.8, 4) is 6.07 Å². The lowest BCUT2D eigenvalue weighted by Crippen LogP contribution is -2.32. The minimum absolute atomic E-state index is 0.372. The number of hydrogen-bond donors (Lipinski definition) is 0. The van der Waals surface area contributed by atoms with E-state index in [1.165, 1.54) is 0 Å². The van der Waals surface area contributed by atoms with E-state index < -0.39 is 6.42 Å². The van der Waals surface area contributed by atoms with Gasteiger partial charge in [0, 0.05) is 22.2 Å². The van der Waals surface area contributed by atoms with E-state index in [1.807, 2.05) is 31.2 Å². The highest BCUT2D eigenvalue weighted by Gasteiger charge is 2.40. The lowest BCUT2D eigenvalue weighted by Gasteiger charge is -2.35. The molecule has 2 aromatic rings. The molecule has 0 bridgehead atoms. The fourth-order valence-corrected chi connectivity index (χ4v) is 7.49. The van der Waals surface area contributed by atoms with Crippen LogP contribution in [0.2, 0.25) is 0 Å². The minimum atomic E-state index is -2.53. The maximum atomic E-state index is 8.99. The molecular formula is C18H21IN5OPS. The molecule has 142 valence electrons. The summed E-state index contributed by atoms with van der Waals surface area (Å²) in [6.07, 6.45) is -2.16. The second kappa shape index (κ2) is 8.39. The van der Waals surface area contributed by atoms with E-state index in [-0.39, 0.29) is 0 Å². The summed E-state index contributed by atoms with van der Waals surface area (Å²) >= 11 is 8.43. The van der Waals surface area contributed by atoms with E-state index in [1.54, 1.807) is 4.68 Å². The van der Waals surface area contributed by atoms with Crippen LogP contribution < -0.4 is 5.30 Å². The second-order valence-electron chi connectivity index (χ2n) is 6.06. The van der Waals surface area contributed by atoms with Gasteiger partial charge in [-0.25, -0.2) is 9.35 Å². The van der Waals surface area contributed by atoms with Gasteiger partial charge < -0.3 is 4.52 Å². The number of benzene rings is 1. The standard InChI is InChI=1S/C18H21IN5OPS/c1-4-23(5-2)26(27)16-13(3)22-24(12-6-11-20)17(16)21-18(25-26)14-7-9-15(19)10-8-14/h7-10H,4-6,12H2,1-3H3/t26-/m1/s1. The molecule has 1 aliphatic rings. The van der Waals surface area contributed by atoms with Gasteiger partial charge in [-0.1, -0.05) is 13.8 Å². The quantitative estimate of drug-likeness (QED) is 0.430. The Morgan fingerprint density at radius 3 is 2.56 bits per heavy atom. The van der Waals surface area contributed by atoms with Crippen LogP contribution in [0.25, 0.3) is 0 Å². The molecule has 27 heavy (non-hydrogen) atoms. The lowest BCUT2D eigenvalue weighted by molar-refractivity contribution is 0.447. The molecule has 0 aliphatic carbocycles. The van der Waals surface area contributed by atoms with Crippen LogP contribution in [0.3, 0.4) is 0 Å². The van der Waals surface area contributed by atoms with Gasteiger partial charge in [0.25, 0.3) is 0 Å². The average molecular weight is 513 g/mol. The molecule has 0 radical (unpaired) electrons. The van der Waals surface area contributed by atoms with Crippen LogP contribution >= 0.6 is 29.0 Å². The Balaban J connectivity index is 2.20. The Bertz CT molecular complexity index is 959. The first-order valence-corrected chi connectivity index (χ1v) is 12.5. The molecule has 9 heteroatoms. The third-order valence-corrected chi connectivity index (χ3v) is 9.40. The monoisotopic (exact) mass is 513 g/mol. The number of rotatable bonds is 6. The van der Waals surface area contributed by atoms with Gasteiger partial charge in [0.15, 0.2) is 5.82 Å². The summed E-state index contributed by atoms with van der Waals surface area (Å²) in [5.74, 6) is 1.27. The molecule has 1 aromatic carbocycles. The molecule has 0 amide bonds. The third kappa shape index (κ3) is 3.83. The van der Waals surface area contributed by atoms with Crippen LogP contribution in [0.1, 0.15) is 31.5 Å². The third-order valence-electron chi connectivity index (χ3n) is 4.40. The van der Waals surface area contributed by atoms with E-state index in [0.717, 1.165) is 39.0 Å². The Morgan fingerprint density at radius 2 is 1.96 bits per heavy atom. The Labute approximate surface area is 178 Å². The van der Waals surface area contributed by atoms with Gasteiger partial charge in [-0.05, 0) is 65.6 Å². The van der Waals surface area contributed by atoms with E-state index in [9.17, 15) is 0 Å². The van der Waals surface area contributed by atoms with Gasteiger partial charge in [0.1, 0.15) is 5.30 Å². The molecule has 1 aromatic heterocycles. The van der Waals surface area contributed by atoms with E-state index >= 15 is 0 Å². The van der Waals surface area contributed by atoms with Crippen molar-refractivity contribution in [2.45, 2.75) is 33.7 Å². The van der Waals surface area contributed by atoms with Crippen LogP contribution in [0, 0.1) is 21.8 Å². The Kier molecular flexibility index (Phi) is 6.36. The summed E-state index contributed by atoms with van der Waals surface area (Å²) in [7, 11) is 0. The topological polar surface area (TPSA) is 66.4 Å². The smallest absolute Gasteiger partial charge is 0.227 e. The largest absolute Gasteiger partial charge is 0.431 e. The highest BCUT2D eigenvalue weighted by molar-refractivity contribution is 14.1. The number of aromatic nitrogens is 2. The summed E-state index contributed by atoms with van der Waals surface area (Å²) in [6.45, 7) is 8.19. The zero-order chi connectivity index (χ0) is 19.6. The molecule has 0 saturated carbocycles. The van der Waals surface area contributed by atoms with E-state index in [4.69, 9.17) is 26.6 Å². The van der Waals surface area contributed by atoms with Crippen molar-refractivity contribution < 1.29 is 4.52 Å². The van der Waals surface area contributed by atoms with Crippen LogP contribution in [-0.2, 0) is 22.9 Å². The predicted molar refractivity (Wildman–Crippen MR) is 120 cm³/mol. The SMILES string of the molecule is CCN(CC)[P@@]1(=S)OC(c2ccc(I)cc2)=Nc2c1c(C)nn2CCC#N. The van der Waals surface area contributed by atoms with Crippen LogP contribution in [0.5, 0.6) is 0 Å². The second-order valence-corrected chi connectivity index (χ2v) is 11.0. The fraction of sp³-hybridized carbons (Fsp3) is 0.389. The zero-order valence-electron chi connectivity index (χ0n) is 15.5. The summed E-state index contributed by atoms with van der Waals surface area (Å²) in [5, 5.41) is 14.5. The Morgan fingerprint density at radius 1 is 1.30 bits per heavy atom. The molecular weight excluding hydrogens is 492 g/mol. The van der Waals surface area contributed by atoms with E-state index in [0.29, 0.717) is 18.9 Å². The van der Waals surface area contributed by atoms with Crippen LogP contribution in [0.15, 0.2) is 29.3 Å². The normalized spacial score (nSPS) is 18.6. The number of aryl methyl sites for hydroxylation is 2. The molecule has 6 nitrogen and oxygen atoms in total. The van der Waals surface area contributed by atoms with Crippen molar-refractivity contribution in [3.05, 3.63) is 39.1 Å². The van der Waals surface area contributed by atoms with Crippen molar-refractivity contribution in [2.24, 2.45) is 4.99 Å². The fourth-order valence-electron chi connectivity index (χ4n) is 3.10. The predicted octanol–water partition coefficient (Wildman–Crippen LogP) is 4.09. The van der Waals surface area contributed by atoms with Gasteiger partial charge in [-0.2, -0.15) is 15.4 Å². The van der Waals surface area contributed by atoms with E-state index in [2.05, 4.69) is 52.3 Å². The molecule has 0 fully saturated rings. The molecule has 0 saturated heterocycles. The summed E-state index contributed by atoms with van der Waals surface area (Å²) in [5.41, 5.74) is 1.73. The number of aliphatic imine (C=N–C) groups is 1. The average Bonchev–Trinajstić information content (AvgIpc) is 2.98. The minimum Gasteiger partial charge on any atom is -0.431 e. The summed E-state index contributed by atoms with van der Waals surface area (Å²) < 4.78 is 11.6. The first-order valence-electron chi connectivity index (χ1n) is 8.79. The highest BCUT2D eigenvalue weighted by atomic mass is 127. The molecule has 1 aliphatic heterocycles. The van der Waals surface area contributed by atoms with Crippen molar-refractivity contribution in [1.29, 1.82) is 5.26 Å². The highest BCUT2D eigenvalue weighted by Crippen LogP contribution is 2.55. The van der Waals surface area contributed by atoms with Gasteiger partial charge in [0.2, 0.25) is 12.3 Å². The van der Waals surface area contributed by atoms with Crippen molar-refractivity contribution in [3.63, 3.8) is 0 Å². The lowest BCUT2D eigenvalue weighted by atomic mass is 10.2. The van der Waals surface area contributed by atoms with Crippen molar-refractivity contribution in [2.75, 3.05) is 13.1 Å². The molecule has 3 rings (SSSR count). The molecule has 2 heterocycles. The number of hydrogen-bond acceptors (Lipinski definition) is 5. The number of nitriles is 1. The Hall–Kier alpha value is -1.27. The van der Waals surface area contributed by atoms with Crippen molar-refractivity contribution in [1.82, 2.24) is 14.5 Å². The van der Waals surface area contributed by atoms with Crippen molar-refractivity contribution >= 4 is 57.8 Å². The van der Waals surface area contributed by atoms with Gasteiger partial charge in [0.05, 0.1) is 24.7 Å². The van der Waals surface area contributed by atoms with Crippen LogP contribution in [-0.4, -0.2) is 33.4 Å². The number of nitrogens with zero attached hydrogens (tertiary/aromatic N) is 5. The maximum Gasteiger partial charge on any atom is 0.227 e. The zero-order valence-corrected chi connectivity index (χ0v) is 19.4. The van der Waals surface area contributed by atoms with Gasteiger partial charge in [-0.15, -0.1) is 0 Å². The van der Waals surface area contributed by atoms with Crippen LogP contribution in [0.4, 0.5) is 5.82 Å². The van der Waals surface area contributed by atoms with Gasteiger partial charge >= 0.3 is 0 Å². The maximum absolute atomic E-state index is 8.99. The molecule has 0 N–H and O–H groups in total. The number of halogens is 1. The summed E-state index contributed by atoms with van der Waals surface area (Å²) in [6, 6.07) is 10.2. The molecule has 1 atom stereocenters. The van der Waals surface area contributed by atoms with Gasteiger partial charge in [-0.3, -0.25) is 0 Å². The molecule has 0 unspecified atom stereocenters. The molecule has 0 spiro atoms. The first kappa shape index (κ1) is 20.5. The first-order chi connectivity index (χ1) is 12.9. The number of fused-ring (bicyclic) bond motifs is 1.